The summed E-state index contributed by atoms with van der Waals surface area (Å²) in [5.74, 6) is -0.851. The van der Waals surface area contributed by atoms with Gasteiger partial charge in [-0.25, -0.2) is 4.98 Å². The molecule has 0 bridgehead atoms. The van der Waals surface area contributed by atoms with Crippen molar-refractivity contribution in [3.8, 4) is 0 Å². The Morgan fingerprint density at radius 2 is 2.33 bits per heavy atom. The molecule has 78 valence electrons. The number of aliphatic carboxylic acids is 1. The van der Waals surface area contributed by atoms with Crippen LogP contribution in [0, 0.1) is 6.92 Å². The molecule has 0 aliphatic heterocycles. The normalized spacial score (nSPS) is 10.8. The van der Waals surface area contributed by atoms with Crippen LogP contribution in [-0.2, 0) is 11.2 Å². The highest BCUT2D eigenvalue weighted by Gasteiger charge is 2.13. The first kappa shape index (κ1) is 10.2. The number of halogens is 1. The number of aryl methyl sites for hydroxylation is 1. The minimum atomic E-state index is -0.851. The van der Waals surface area contributed by atoms with Crippen molar-refractivity contribution in [3.05, 3.63) is 34.2 Å². The minimum Gasteiger partial charge on any atom is -0.481 e. The first-order valence-corrected chi connectivity index (χ1v) is 5.23. The van der Waals surface area contributed by atoms with Gasteiger partial charge in [-0.05, 0) is 35.0 Å². The highest BCUT2D eigenvalue weighted by Crippen LogP contribution is 2.19. The van der Waals surface area contributed by atoms with Crippen LogP contribution in [0.25, 0.3) is 5.65 Å². The van der Waals surface area contributed by atoms with Gasteiger partial charge in [0, 0.05) is 0 Å². The molecule has 0 fully saturated rings. The van der Waals surface area contributed by atoms with Crippen molar-refractivity contribution in [1.29, 1.82) is 0 Å². The smallest absolute Gasteiger partial charge is 0.309 e. The number of pyridine rings is 1. The monoisotopic (exact) mass is 268 g/mol. The predicted molar refractivity (Wildman–Crippen MR) is 59.0 cm³/mol. The number of rotatable bonds is 2. The molecule has 0 unspecified atom stereocenters. The second-order valence-electron chi connectivity index (χ2n) is 3.26. The van der Waals surface area contributed by atoms with Crippen LogP contribution in [0.2, 0.25) is 0 Å². The number of aromatic nitrogens is 2. The van der Waals surface area contributed by atoms with E-state index >= 15 is 0 Å². The van der Waals surface area contributed by atoms with Gasteiger partial charge in [-0.3, -0.25) is 9.20 Å². The fourth-order valence-corrected chi connectivity index (χ4v) is 2.12. The molecule has 0 atom stereocenters. The van der Waals surface area contributed by atoms with Crippen LogP contribution >= 0.6 is 15.9 Å². The Bertz CT molecular complexity index is 533. The highest BCUT2D eigenvalue weighted by atomic mass is 79.9. The van der Waals surface area contributed by atoms with Gasteiger partial charge >= 0.3 is 5.97 Å². The van der Waals surface area contributed by atoms with Crippen LogP contribution in [0.5, 0.6) is 0 Å². The van der Waals surface area contributed by atoms with Crippen LogP contribution < -0.4 is 0 Å². The molecule has 0 saturated heterocycles. The van der Waals surface area contributed by atoms with E-state index in [2.05, 4.69) is 20.9 Å². The van der Waals surface area contributed by atoms with Gasteiger partial charge in [0.2, 0.25) is 0 Å². The molecular weight excluding hydrogens is 260 g/mol. The molecule has 0 aliphatic rings. The third-order valence-corrected chi connectivity index (χ3v) is 2.83. The third-order valence-electron chi connectivity index (χ3n) is 2.21. The van der Waals surface area contributed by atoms with E-state index in [0.29, 0.717) is 5.69 Å². The van der Waals surface area contributed by atoms with E-state index in [1.165, 1.54) is 0 Å². The van der Waals surface area contributed by atoms with Crippen LogP contribution in [0.4, 0.5) is 0 Å². The number of hydrogen-bond acceptors (Lipinski definition) is 2. The van der Waals surface area contributed by atoms with Gasteiger partial charge in [0.1, 0.15) is 5.65 Å². The molecule has 0 aromatic carbocycles. The highest BCUT2D eigenvalue weighted by molar-refractivity contribution is 9.10. The molecule has 0 radical (unpaired) electrons. The summed E-state index contributed by atoms with van der Waals surface area (Å²) in [5.41, 5.74) is 2.23. The Morgan fingerprint density at radius 3 is 3.00 bits per heavy atom. The second-order valence-corrected chi connectivity index (χ2v) is 4.07. The van der Waals surface area contributed by atoms with Crippen LogP contribution in [-0.4, -0.2) is 20.5 Å². The zero-order valence-electron chi connectivity index (χ0n) is 8.07. The lowest BCUT2D eigenvalue weighted by Crippen LogP contribution is -2.05. The summed E-state index contributed by atoms with van der Waals surface area (Å²) in [6.07, 6.45) is -0.0182. The predicted octanol–water partition coefficient (Wildman–Crippen LogP) is 2.03. The van der Waals surface area contributed by atoms with Crippen molar-refractivity contribution >= 4 is 27.5 Å². The van der Waals surface area contributed by atoms with E-state index in [1.807, 2.05) is 29.5 Å². The lowest BCUT2D eigenvalue weighted by molar-refractivity contribution is -0.136. The number of carbonyl (C=O) groups is 1. The number of nitrogens with zero attached hydrogens (tertiary/aromatic N) is 2. The van der Waals surface area contributed by atoms with E-state index in [9.17, 15) is 4.79 Å². The molecule has 0 aliphatic carbocycles. The van der Waals surface area contributed by atoms with Crippen molar-refractivity contribution in [2.75, 3.05) is 0 Å². The molecule has 2 rings (SSSR count). The number of carboxylic acid groups (broad SMARTS) is 1. The quantitative estimate of drug-likeness (QED) is 0.849. The Morgan fingerprint density at radius 1 is 1.60 bits per heavy atom. The van der Waals surface area contributed by atoms with Crippen molar-refractivity contribution in [1.82, 2.24) is 9.38 Å². The molecule has 2 aromatic heterocycles. The van der Waals surface area contributed by atoms with Crippen LogP contribution in [0.1, 0.15) is 11.4 Å². The Balaban J connectivity index is 2.71. The van der Waals surface area contributed by atoms with E-state index in [0.717, 1.165) is 15.9 Å². The molecular formula is C10H9BrN2O2. The maximum Gasteiger partial charge on any atom is 0.309 e. The Hall–Kier alpha value is -1.36. The molecule has 5 heteroatoms. The molecule has 15 heavy (non-hydrogen) atoms. The summed E-state index contributed by atoms with van der Waals surface area (Å²) in [4.78, 5) is 15.0. The molecule has 0 amide bonds. The first-order valence-electron chi connectivity index (χ1n) is 4.44. The molecule has 1 N–H and O–H groups in total. The number of fused-ring (bicyclic) bond motifs is 1. The average molecular weight is 269 g/mol. The van der Waals surface area contributed by atoms with Gasteiger partial charge < -0.3 is 5.11 Å². The molecule has 4 nitrogen and oxygen atoms in total. The van der Waals surface area contributed by atoms with Gasteiger partial charge in [0.15, 0.2) is 0 Å². The minimum absolute atomic E-state index is 0.0182. The fraction of sp³-hybridized carbons (Fsp3) is 0.200. The molecule has 2 heterocycles. The summed E-state index contributed by atoms with van der Waals surface area (Å²) in [6.45, 7) is 1.82. The summed E-state index contributed by atoms with van der Waals surface area (Å²) in [7, 11) is 0. The number of imidazole rings is 1. The van der Waals surface area contributed by atoms with Crippen molar-refractivity contribution < 1.29 is 9.90 Å². The van der Waals surface area contributed by atoms with Gasteiger partial charge in [0.05, 0.1) is 22.4 Å². The molecule has 0 saturated carbocycles. The Kier molecular flexibility index (Phi) is 2.48. The standard InChI is InChI=1S/C10H9BrN2O2/c1-6-7(5-10(14)15)13-8(11)3-2-4-9(13)12-6/h2-4H,5H2,1H3,(H,14,15). The maximum absolute atomic E-state index is 10.7. The average Bonchev–Trinajstić information content (AvgIpc) is 2.43. The van der Waals surface area contributed by atoms with Crippen LogP contribution in [0.15, 0.2) is 22.8 Å². The molecule has 2 aromatic rings. The van der Waals surface area contributed by atoms with Gasteiger partial charge in [-0.15, -0.1) is 0 Å². The van der Waals surface area contributed by atoms with Gasteiger partial charge in [-0.1, -0.05) is 6.07 Å². The van der Waals surface area contributed by atoms with E-state index in [-0.39, 0.29) is 6.42 Å². The van der Waals surface area contributed by atoms with Crippen LogP contribution in [0.3, 0.4) is 0 Å². The largest absolute Gasteiger partial charge is 0.481 e. The van der Waals surface area contributed by atoms with E-state index < -0.39 is 5.97 Å². The lowest BCUT2D eigenvalue weighted by atomic mass is 10.2. The fourth-order valence-electron chi connectivity index (χ4n) is 1.57. The van der Waals surface area contributed by atoms with E-state index in [1.54, 1.807) is 0 Å². The SMILES string of the molecule is Cc1nc2cccc(Br)n2c1CC(=O)O. The third kappa shape index (κ3) is 1.74. The van der Waals surface area contributed by atoms with E-state index in [4.69, 9.17) is 5.11 Å². The number of carboxylic acids is 1. The van der Waals surface area contributed by atoms with Crippen molar-refractivity contribution in [2.24, 2.45) is 0 Å². The zero-order chi connectivity index (χ0) is 11.0. The van der Waals surface area contributed by atoms with Gasteiger partial charge in [0.25, 0.3) is 0 Å². The topological polar surface area (TPSA) is 54.6 Å². The number of hydrogen-bond donors (Lipinski definition) is 1. The summed E-state index contributed by atoms with van der Waals surface area (Å²) < 4.78 is 2.63. The lowest BCUT2D eigenvalue weighted by Gasteiger charge is -2.02. The second kappa shape index (κ2) is 3.66. The summed E-state index contributed by atoms with van der Waals surface area (Å²) >= 11 is 3.38. The zero-order valence-corrected chi connectivity index (χ0v) is 9.65. The maximum atomic E-state index is 10.7. The Labute approximate surface area is 94.7 Å². The summed E-state index contributed by atoms with van der Waals surface area (Å²) in [5, 5.41) is 8.80. The van der Waals surface area contributed by atoms with Gasteiger partial charge in [-0.2, -0.15) is 0 Å². The summed E-state index contributed by atoms with van der Waals surface area (Å²) in [6, 6.07) is 5.58. The molecule has 0 spiro atoms. The van der Waals surface area contributed by atoms with Crippen molar-refractivity contribution in [3.63, 3.8) is 0 Å². The first-order chi connectivity index (χ1) is 7.09. The van der Waals surface area contributed by atoms with Crippen molar-refractivity contribution in [2.45, 2.75) is 13.3 Å².